The normalized spacial score (nSPS) is 12.0. The predicted octanol–water partition coefficient (Wildman–Crippen LogP) is 32.3. The van der Waals surface area contributed by atoms with Crippen LogP contribution in [0.4, 0.5) is 34.1 Å². The summed E-state index contributed by atoms with van der Waals surface area (Å²) in [6, 6.07) is 175. The Kier molecular flexibility index (Phi) is 28.5. The number of para-hydroxylation sites is 4. The van der Waals surface area contributed by atoms with E-state index >= 15 is 0 Å². The zero-order chi connectivity index (χ0) is 93.4. The zero-order valence-electron chi connectivity index (χ0n) is 77.6. The first-order valence-electron chi connectivity index (χ1n) is 46.8. The summed E-state index contributed by atoms with van der Waals surface area (Å²) in [5.41, 5.74) is 34.7. The van der Waals surface area contributed by atoms with Crippen molar-refractivity contribution in [3.8, 4) is 83.7 Å². The van der Waals surface area contributed by atoms with Gasteiger partial charge >= 0.3 is 0 Å². The van der Waals surface area contributed by atoms with E-state index in [1.165, 1.54) is 117 Å². The number of aliphatic hydroxyl groups excluding tert-OH is 2. The molecule has 4 heterocycles. The van der Waals surface area contributed by atoms with E-state index in [9.17, 15) is 0 Å². The monoisotopic (exact) mass is 1960 g/mol. The Morgan fingerprint density at radius 2 is 0.667 bits per heavy atom. The molecule has 23 rings (SSSR count). The van der Waals surface area contributed by atoms with E-state index in [0.29, 0.717) is 6.42 Å². The molecule has 0 bridgehead atoms. The molecule has 0 saturated heterocycles. The molecule has 673 valence electrons. The van der Waals surface area contributed by atoms with Gasteiger partial charge in [0.15, 0.2) is 0 Å². The van der Waals surface area contributed by atoms with Gasteiger partial charge in [0.05, 0.1) is 39.7 Å². The maximum Gasteiger partial charge on any atom is 0.105 e. The second kappa shape index (κ2) is 42.6. The van der Waals surface area contributed by atoms with Crippen LogP contribution in [0.25, 0.3) is 127 Å². The van der Waals surface area contributed by atoms with Crippen LogP contribution in [0.3, 0.4) is 0 Å². The average Bonchev–Trinajstić information content (AvgIpc) is 1.54. The number of aliphatic hydroxyl groups is 2. The van der Waals surface area contributed by atoms with Crippen LogP contribution >= 0.6 is 0 Å². The van der Waals surface area contributed by atoms with Crippen molar-refractivity contribution in [2.45, 2.75) is 64.1 Å². The van der Waals surface area contributed by atoms with E-state index in [0.717, 1.165) is 72.9 Å². The minimum atomic E-state index is -0.401. The summed E-state index contributed by atoms with van der Waals surface area (Å²) in [6.45, 7) is 9.76. The standard InChI is InChI=1S/C43H31N.C42H30N2.C24H16N2.C14H15N2.C5H12O2.Ir/c1-4-14-32(15-5-1)33-24-28-37(29-25-33)44(36-18-8-3-9-19-36)38-30-26-35(27-31-38)43(34-16-6-2-7-17-34)41-22-12-10-20-39(41)40-21-11-13-23-42(40)43;1-4-12-31(13-5-1)32-20-25-37(26-21-32)43(35-14-6-2-7-15-35)38-27-22-33(23-28-38)34-24-29-42-40(30-34)39-18-10-11-19-41(39)44(42)36-16-8-3-9-17-36;1-3-7-17(8-4-1)19-13-15-25-23-21(19)11-12-22-20(14-16-26-24(22)23)18-9-5-2-6-10-18;1-14(2,3)13-9-12(15-10-16-13)11-7-5-4-6-8-11;1-4(6)3-5(2)7;/h1-31H;1-30H;1-16H;4-7,9-10H,1-3H3;4-7H,3H2,1-2H3;/q;;;-1;;. The number of fused-ring (bicyclic) bond motifs is 9. The Hall–Kier alpha value is -16.2. The summed E-state index contributed by atoms with van der Waals surface area (Å²) >= 11 is 0. The maximum atomic E-state index is 8.56. The first-order valence-corrected chi connectivity index (χ1v) is 46.8. The fraction of sp³-hybridized carbons (Fsp3) is 0.0781. The van der Waals surface area contributed by atoms with Crippen LogP contribution in [0.2, 0.25) is 0 Å². The summed E-state index contributed by atoms with van der Waals surface area (Å²) < 4.78 is 2.36. The molecule has 0 amide bonds. The van der Waals surface area contributed by atoms with Crippen LogP contribution in [-0.2, 0) is 30.9 Å². The van der Waals surface area contributed by atoms with Crippen molar-refractivity contribution in [1.29, 1.82) is 0 Å². The molecular weight excluding hydrogens is 1860 g/mol. The molecule has 0 spiro atoms. The van der Waals surface area contributed by atoms with Gasteiger partial charge in [0, 0.05) is 105 Å². The van der Waals surface area contributed by atoms with Crippen LogP contribution in [-0.4, -0.2) is 46.9 Å². The van der Waals surface area contributed by atoms with Crippen LogP contribution in [0.15, 0.2) is 504 Å². The second-order valence-corrected chi connectivity index (χ2v) is 35.4. The van der Waals surface area contributed by atoms with Gasteiger partial charge in [-0.15, -0.1) is 35.9 Å². The topological polar surface area (TPSA) is 103 Å². The summed E-state index contributed by atoms with van der Waals surface area (Å²) in [5, 5.41) is 21.9. The molecule has 4 aromatic heterocycles. The quantitative estimate of drug-likeness (QED) is 0.0686. The van der Waals surface area contributed by atoms with Crippen molar-refractivity contribution < 1.29 is 30.3 Å². The Labute approximate surface area is 822 Å². The van der Waals surface area contributed by atoms with E-state index in [4.69, 9.17) is 10.2 Å². The molecule has 2 N–H and O–H groups in total. The maximum absolute atomic E-state index is 8.56. The molecule has 1 aliphatic rings. The first-order chi connectivity index (χ1) is 67.3. The van der Waals surface area contributed by atoms with Crippen molar-refractivity contribution >= 4 is 77.7 Å². The molecule has 138 heavy (non-hydrogen) atoms. The van der Waals surface area contributed by atoms with Gasteiger partial charge in [-0.2, -0.15) is 0 Å². The molecule has 0 fully saturated rings. The number of nitrogens with zero attached hydrogens (tertiary/aromatic N) is 7. The molecule has 18 aromatic carbocycles. The molecule has 2 unspecified atom stereocenters. The fourth-order valence-corrected chi connectivity index (χ4v) is 18.8. The van der Waals surface area contributed by atoms with Crippen molar-refractivity contribution in [2.75, 3.05) is 9.80 Å². The zero-order valence-corrected chi connectivity index (χ0v) is 80.0. The number of rotatable bonds is 17. The number of pyridine rings is 2. The van der Waals surface area contributed by atoms with E-state index in [1.807, 2.05) is 54.9 Å². The van der Waals surface area contributed by atoms with Gasteiger partial charge < -0.3 is 24.6 Å². The van der Waals surface area contributed by atoms with E-state index in [2.05, 4.69) is 504 Å². The Morgan fingerprint density at radius 3 is 1.11 bits per heavy atom. The summed E-state index contributed by atoms with van der Waals surface area (Å²) in [5.74, 6) is 0. The molecule has 9 nitrogen and oxygen atoms in total. The van der Waals surface area contributed by atoms with Gasteiger partial charge in [0.1, 0.15) is 6.33 Å². The first kappa shape index (κ1) is 92.3. The average molecular weight is 1960 g/mol. The molecule has 22 aromatic rings. The molecule has 0 saturated carbocycles. The van der Waals surface area contributed by atoms with Crippen LogP contribution in [0, 0.1) is 6.07 Å². The largest absolute Gasteiger partial charge is 0.393 e. The van der Waals surface area contributed by atoms with Crippen LogP contribution in [0.5, 0.6) is 0 Å². The van der Waals surface area contributed by atoms with E-state index in [-0.39, 0.29) is 37.7 Å². The molecule has 0 aliphatic heterocycles. The van der Waals surface area contributed by atoms with Crippen molar-refractivity contribution in [3.63, 3.8) is 0 Å². The Morgan fingerprint density at radius 1 is 0.304 bits per heavy atom. The van der Waals surface area contributed by atoms with E-state index < -0.39 is 5.41 Å². The van der Waals surface area contributed by atoms with Crippen molar-refractivity contribution in [3.05, 3.63) is 538 Å². The van der Waals surface area contributed by atoms with Gasteiger partial charge in [-0.3, -0.25) is 15.0 Å². The van der Waals surface area contributed by atoms with Gasteiger partial charge in [-0.05, 0) is 230 Å². The molecule has 10 heteroatoms. The van der Waals surface area contributed by atoms with Crippen molar-refractivity contribution in [1.82, 2.24) is 24.5 Å². The number of benzene rings is 18. The van der Waals surface area contributed by atoms with E-state index in [1.54, 1.807) is 20.2 Å². The Balaban J connectivity index is 0.000000125. The third-order valence-corrected chi connectivity index (χ3v) is 25.3. The van der Waals surface area contributed by atoms with Gasteiger partial charge in [-0.25, -0.2) is 4.98 Å². The van der Waals surface area contributed by atoms with Gasteiger partial charge in [0.2, 0.25) is 0 Å². The Bertz CT molecular complexity index is 7620. The summed E-state index contributed by atoms with van der Waals surface area (Å²) in [7, 11) is 0. The number of hydrogen-bond acceptors (Lipinski definition) is 8. The van der Waals surface area contributed by atoms with Crippen molar-refractivity contribution in [2.24, 2.45) is 0 Å². The summed E-state index contributed by atoms with van der Waals surface area (Å²) in [6.07, 6.45) is 5.10. The number of aromatic nitrogens is 5. The third-order valence-electron chi connectivity index (χ3n) is 25.3. The van der Waals surface area contributed by atoms with Gasteiger partial charge in [0.25, 0.3) is 0 Å². The molecule has 2 atom stereocenters. The third kappa shape index (κ3) is 20.0. The predicted molar refractivity (Wildman–Crippen MR) is 571 cm³/mol. The summed E-state index contributed by atoms with van der Waals surface area (Å²) in [4.78, 5) is 22.6. The fourth-order valence-electron chi connectivity index (χ4n) is 18.8. The number of hydrogen-bond donors (Lipinski definition) is 2. The SMILES string of the molecule is CC(C)(C)c1cc(-c2[c-]cccc2)ncn1.CC(O)CC(C)O.[Ir].c1ccc(-c2ccc(N(c3ccccc3)c3ccc(-c4ccc5c(c4)c4ccccc4n5-c4ccccc4)cc3)cc2)cc1.c1ccc(-c2ccc(N(c3ccccc3)c3ccc(C4(c5ccccc5)c5ccccc5-c5ccccc54)cc3)cc2)cc1.c1ccc(-c2ccnc3c2ccc2c(-c4ccccc4)ccnc23)cc1. The van der Waals surface area contributed by atoms with Crippen LogP contribution in [0.1, 0.15) is 69.0 Å². The second-order valence-electron chi connectivity index (χ2n) is 35.4. The smallest absolute Gasteiger partial charge is 0.105 e. The number of anilines is 6. The van der Waals surface area contributed by atoms with Gasteiger partial charge in [-0.1, -0.05) is 367 Å². The minimum absolute atomic E-state index is 0. The van der Waals surface area contributed by atoms with Crippen LogP contribution < -0.4 is 9.80 Å². The minimum Gasteiger partial charge on any atom is -0.393 e. The molecule has 1 aliphatic carbocycles. The molecular formula is C128H104IrN7O2-. The molecule has 1 radical (unpaired) electrons.